The first-order valence-electron chi connectivity index (χ1n) is 3.84. The highest BCUT2D eigenvalue weighted by atomic mass is 16.5. The zero-order chi connectivity index (χ0) is 8.65. The Labute approximate surface area is 72.2 Å². The van der Waals surface area contributed by atoms with Gasteiger partial charge in [-0.15, -0.1) is 0 Å². The zero-order valence-electron chi connectivity index (χ0n) is 6.77. The lowest BCUT2D eigenvalue weighted by atomic mass is 10.2. The molecule has 63 valence electrons. The van der Waals surface area contributed by atoms with Crippen LogP contribution in [0, 0.1) is 6.61 Å². The van der Waals surface area contributed by atoms with Crippen molar-refractivity contribution in [2.75, 3.05) is 0 Å². The number of ether oxygens (including phenoxy) is 1. The number of hydrogen-bond acceptors (Lipinski definition) is 2. The SMILES string of the molecule is O=CC[CH]OCc1ccccc1. The van der Waals surface area contributed by atoms with Gasteiger partial charge in [0.05, 0.1) is 13.2 Å². The largest absolute Gasteiger partial charge is 0.370 e. The summed E-state index contributed by atoms with van der Waals surface area (Å²) in [6, 6.07) is 9.83. The summed E-state index contributed by atoms with van der Waals surface area (Å²) in [6.07, 6.45) is 1.16. The van der Waals surface area contributed by atoms with Crippen LogP contribution in [0.15, 0.2) is 30.3 Å². The molecule has 0 aliphatic heterocycles. The molecule has 2 heteroatoms. The first-order valence-corrected chi connectivity index (χ1v) is 3.84. The molecular weight excluding hydrogens is 152 g/mol. The molecule has 0 saturated carbocycles. The Kier molecular flexibility index (Phi) is 4.09. The van der Waals surface area contributed by atoms with E-state index >= 15 is 0 Å². The highest BCUT2D eigenvalue weighted by Gasteiger charge is 1.90. The number of rotatable bonds is 5. The molecule has 0 spiro atoms. The third-order valence-corrected chi connectivity index (χ3v) is 1.40. The van der Waals surface area contributed by atoms with Crippen LogP contribution in [-0.4, -0.2) is 6.29 Å². The average molecular weight is 163 g/mol. The molecule has 1 aromatic rings. The lowest BCUT2D eigenvalue weighted by Gasteiger charge is -1.99. The minimum absolute atomic E-state index is 0.354. The van der Waals surface area contributed by atoms with E-state index in [1.54, 1.807) is 0 Å². The van der Waals surface area contributed by atoms with Crippen molar-refractivity contribution in [3.8, 4) is 0 Å². The van der Waals surface area contributed by atoms with Crippen LogP contribution in [0.25, 0.3) is 0 Å². The van der Waals surface area contributed by atoms with Crippen molar-refractivity contribution in [3.63, 3.8) is 0 Å². The molecule has 0 aromatic heterocycles. The number of hydrogen-bond donors (Lipinski definition) is 0. The molecule has 0 unspecified atom stereocenters. The molecule has 0 aliphatic rings. The van der Waals surface area contributed by atoms with Gasteiger partial charge in [-0.05, 0) is 5.56 Å². The van der Waals surface area contributed by atoms with E-state index in [0.717, 1.165) is 11.8 Å². The topological polar surface area (TPSA) is 26.3 Å². The second-order valence-electron chi connectivity index (χ2n) is 2.37. The number of carbonyl (C=O) groups is 1. The van der Waals surface area contributed by atoms with E-state index < -0.39 is 0 Å². The van der Waals surface area contributed by atoms with Gasteiger partial charge in [0, 0.05) is 6.42 Å². The third kappa shape index (κ3) is 3.30. The molecule has 0 amide bonds. The van der Waals surface area contributed by atoms with Crippen molar-refractivity contribution in [2.24, 2.45) is 0 Å². The fourth-order valence-corrected chi connectivity index (χ4v) is 0.837. The second-order valence-corrected chi connectivity index (χ2v) is 2.37. The van der Waals surface area contributed by atoms with Gasteiger partial charge in [-0.25, -0.2) is 0 Å². The summed E-state index contributed by atoms with van der Waals surface area (Å²) in [5.74, 6) is 0. The van der Waals surface area contributed by atoms with Gasteiger partial charge in [-0.3, -0.25) is 0 Å². The van der Waals surface area contributed by atoms with Gasteiger partial charge in [0.25, 0.3) is 0 Å². The van der Waals surface area contributed by atoms with Crippen LogP contribution in [0.3, 0.4) is 0 Å². The Morgan fingerprint density at radius 3 is 2.67 bits per heavy atom. The lowest BCUT2D eigenvalue weighted by molar-refractivity contribution is -0.108. The van der Waals surface area contributed by atoms with Gasteiger partial charge < -0.3 is 9.53 Å². The molecule has 1 rings (SSSR count). The molecule has 0 aliphatic carbocycles. The van der Waals surface area contributed by atoms with Crippen LogP contribution in [-0.2, 0) is 16.1 Å². The van der Waals surface area contributed by atoms with Gasteiger partial charge >= 0.3 is 0 Å². The summed E-state index contributed by atoms with van der Waals surface area (Å²) in [7, 11) is 0. The van der Waals surface area contributed by atoms with Crippen LogP contribution in [0.5, 0.6) is 0 Å². The van der Waals surface area contributed by atoms with E-state index in [4.69, 9.17) is 4.74 Å². The van der Waals surface area contributed by atoms with E-state index in [2.05, 4.69) is 0 Å². The summed E-state index contributed by atoms with van der Waals surface area (Å²) in [4.78, 5) is 9.90. The maximum Gasteiger partial charge on any atom is 0.122 e. The van der Waals surface area contributed by atoms with Crippen molar-refractivity contribution >= 4 is 6.29 Å². The van der Waals surface area contributed by atoms with Crippen molar-refractivity contribution < 1.29 is 9.53 Å². The smallest absolute Gasteiger partial charge is 0.122 e. The molecule has 1 radical (unpaired) electrons. The summed E-state index contributed by atoms with van der Waals surface area (Å²) < 4.78 is 5.10. The quantitative estimate of drug-likeness (QED) is 0.490. The summed E-state index contributed by atoms with van der Waals surface area (Å²) >= 11 is 0. The van der Waals surface area contributed by atoms with Gasteiger partial charge in [-0.1, -0.05) is 30.3 Å². The van der Waals surface area contributed by atoms with E-state index in [-0.39, 0.29) is 0 Å². The Morgan fingerprint density at radius 2 is 2.00 bits per heavy atom. The maximum atomic E-state index is 9.90. The number of carbonyl (C=O) groups excluding carboxylic acids is 1. The fourth-order valence-electron chi connectivity index (χ4n) is 0.837. The molecule has 0 N–H and O–H groups in total. The first kappa shape index (κ1) is 8.94. The molecule has 0 heterocycles. The normalized spacial score (nSPS) is 9.67. The first-order chi connectivity index (χ1) is 5.93. The predicted octanol–water partition coefficient (Wildman–Crippen LogP) is 1.95. The molecule has 1 aromatic carbocycles. The Morgan fingerprint density at radius 1 is 1.25 bits per heavy atom. The molecule has 12 heavy (non-hydrogen) atoms. The van der Waals surface area contributed by atoms with E-state index in [1.165, 1.54) is 6.61 Å². The van der Waals surface area contributed by atoms with Crippen LogP contribution in [0.2, 0.25) is 0 Å². The highest BCUT2D eigenvalue weighted by molar-refractivity contribution is 5.50. The van der Waals surface area contributed by atoms with Crippen molar-refractivity contribution in [2.45, 2.75) is 13.0 Å². The molecule has 0 bridgehead atoms. The van der Waals surface area contributed by atoms with Crippen molar-refractivity contribution in [3.05, 3.63) is 42.5 Å². The molecule has 0 atom stereocenters. The molecule has 0 saturated heterocycles. The van der Waals surface area contributed by atoms with Crippen LogP contribution >= 0.6 is 0 Å². The van der Waals surface area contributed by atoms with E-state index in [9.17, 15) is 4.79 Å². The average Bonchev–Trinajstić information content (AvgIpc) is 2.14. The number of aldehydes is 1. The lowest BCUT2D eigenvalue weighted by Crippen LogP contribution is -1.90. The Bertz CT molecular complexity index is 219. The molecule has 0 fully saturated rings. The molecular formula is C10H11O2. The standard InChI is InChI=1S/C10H11O2/c11-7-4-8-12-9-10-5-2-1-3-6-10/h1-3,5-8H,4,9H2. The van der Waals surface area contributed by atoms with Crippen molar-refractivity contribution in [1.82, 2.24) is 0 Å². The molecule has 2 nitrogen and oxygen atoms in total. The van der Waals surface area contributed by atoms with Crippen LogP contribution in [0.4, 0.5) is 0 Å². The minimum atomic E-state index is 0.354. The predicted molar refractivity (Wildman–Crippen MR) is 46.2 cm³/mol. The summed E-state index contributed by atoms with van der Waals surface area (Å²) in [5, 5.41) is 0. The van der Waals surface area contributed by atoms with E-state index in [0.29, 0.717) is 13.0 Å². The zero-order valence-corrected chi connectivity index (χ0v) is 6.77. The maximum absolute atomic E-state index is 9.90. The monoisotopic (exact) mass is 163 g/mol. The Balaban J connectivity index is 2.20. The number of benzene rings is 1. The summed E-state index contributed by atoms with van der Waals surface area (Å²) in [6.45, 7) is 2.05. The summed E-state index contributed by atoms with van der Waals surface area (Å²) in [5.41, 5.74) is 1.11. The van der Waals surface area contributed by atoms with Gasteiger partial charge in [0.15, 0.2) is 0 Å². The van der Waals surface area contributed by atoms with Gasteiger partial charge in [0.1, 0.15) is 6.29 Å². The third-order valence-electron chi connectivity index (χ3n) is 1.40. The Hall–Kier alpha value is -1.15. The minimum Gasteiger partial charge on any atom is -0.370 e. The van der Waals surface area contributed by atoms with E-state index in [1.807, 2.05) is 30.3 Å². The highest BCUT2D eigenvalue weighted by Crippen LogP contribution is 2.01. The van der Waals surface area contributed by atoms with Gasteiger partial charge in [-0.2, -0.15) is 0 Å². The second kappa shape index (κ2) is 5.49. The van der Waals surface area contributed by atoms with Gasteiger partial charge in [0.2, 0.25) is 0 Å². The van der Waals surface area contributed by atoms with Crippen LogP contribution in [0.1, 0.15) is 12.0 Å². The van der Waals surface area contributed by atoms with Crippen molar-refractivity contribution in [1.29, 1.82) is 0 Å². The van der Waals surface area contributed by atoms with Crippen LogP contribution < -0.4 is 0 Å². The fraction of sp³-hybridized carbons (Fsp3) is 0.200.